The minimum absolute atomic E-state index is 0.349. The zero-order valence-corrected chi connectivity index (χ0v) is 13.0. The van der Waals surface area contributed by atoms with E-state index in [0.29, 0.717) is 29.5 Å². The Bertz CT molecular complexity index is 325. The van der Waals surface area contributed by atoms with Gasteiger partial charge >= 0.3 is 0 Å². The van der Waals surface area contributed by atoms with Crippen molar-refractivity contribution in [3.63, 3.8) is 0 Å². The largest absolute Gasteiger partial charge is 0.312 e. The second-order valence-corrected chi connectivity index (χ2v) is 8.38. The van der Waals surface area contributed by atoms with Gasteiger partial charge in [0.25, 0.3) is 0 Å². The molecule has 1 aliphatic rings. The van der Waals surface area contributed by atoms with Crippen molar-refractivity contribution < 1.29 is 8.42 Å². The van der Waals surface area contributed by atoms with Gasteiger partial charge in [0.2, 0.25) is 0 Å². The topological polar surface area (TPSA) is 49.4 Å². The Morgan fingerprint density at radius 2 is 1.78 bits per heavy atom. The molecule has 0 amide bonds. The van der Waals surface area contributed by atoms with Gasteiger partial charge in [0, 0.05) is 18.6 Å². The standard InChI is InChI=1S/C13H28N2O2S/c1-11(2)9-13(15(3)4)10-14-12-5-7-18(16,17)8-6-12/h11-14H,5-10H2,1-4H3. The van der Waals surface area contributed by atoms with Gasteiger partial charge in [-0.05, 0) is 39.3 Å². The van der Waals surface area contributed by atoms with Gasteiger partial charge in [0.05, 0.1) is 11.5 Å². The first-order valence-electron chi connectivity index (χ1n) is 6.90. The maximum atomic E-state index is 11.4. The van der Waals surface area contributed by atoms with Crippen molar-refractivity contribution in [1.29, 1.82) is 0 Å². The molecule has 1 aliphatic heterocycles. The Labute approximate surface area is 112 Å². The van der Waals surface area contributed by atoms with Crippen LogP contribution >= 0.6 is 0 Å². The third kappa shape index (κ3) is 5.67. The normalized spacial score (nSPS) is 22.6. The molecule has 0 aliphatic carbocycles. The van der Waals surface area contributed by atoms with Crippen LogP contribution in [-0.4, -0.2) is 57.5 Å². The molecule has 1 atom stereocenters. The van der Waals surface area contributed by atoms with Crippen LogP contribution in [-0.2, 0) is 9.84 Å². The van der Waals surface area contributed by atoms with Crippen molar-refractivity contribution in [2.45, 2.75) is 45.2 Å². The third-order valence-electron chi connectivity index (χ3n) is 3.67. The zero-order chi connectivity index (χ0) is 13.8. The fourth-order valence-electron chi connectivity index (χ4n) is 2.42. The molecule has 1 saturated heterocycles. The number of nitrogens with zero attached hydrogens (tertiary/aromatic N) is 1. The van der Waals surface area contributed by atoms with E-state index < -0.39 is 9.84 Å². The van der Waals surface area contributed by atoms with Crippen molar-refractivity contribution >= 4 is 9.84 Å². The van der Waals surface area contributed by atoms with Gasteiger partial charge in [-0.2, -0.15) is 0 Å². The van der Waals surface area contributed by atoms with Crippen molar-refractivity contribution in [2.75, 3.05) is 32.1 Å². The van der Waals surface area contributed by atoms with Crippen LogP contribution in [0.15, 0.2) is 0 Å². The highest BCUT2D eigenvalue weighted by molar-refractivity contribution is 7.91. The van der Waals surface area contributed by atoms with Crippen LogP contribution in [0, 0.1) is 5.92 Å². The van der Waals surface area contributed by atoms with Gasteiger partial charge in [-0.15, -0.1) is 0 Å². The Kier molecular flexibility index (Phi) is 6.08. The summed E-state index contributed by atoms with van der Waals surface area (Å²) in [7, 11) is 1.48. The van der Waals surface area contributed by atoms with Gasteiger partial charge in [-0.3, -0.25) is 0 Å². The van der Waals surface area contributed by atoms with E-state index in [1.165, 1.54) is 6.42 Å². The SMILES string of the molecule is CC(C)CC(CNC1CCS(=O)(=O)CC1)N(C)C. The molecule has 1 heterocycles. The molecular formula is C13H28N2O2S. The van der Waals surface area contributed by atoms with E-state index >= 15 is 0 Å². The summed E-state index contributed by atoms with van der Waals surface area (Å²) in [5.41, 5.74) is 0. The average molecular weight is 276 g/mol. The second kappa shape index (κ2) is 6.87. The lowest BCUT2D eigenvalue weighted by Gasteiger charge is -2.30. The first-order chi connectivity index (χ1) is 8.30. The van der Waals surface area contributed by atoms with E-state index in [2.05, 4.69) is 38.2 Å². The summed E-state index contributed by atoms with van der Waals surface area (Å²) >= 11 is 0. The number of hydrogen-bond donors (Lipinski definition) is 1. The molecule has 1 unspecified atom stereocenters. The third-order valence-corrected chi connectivity index (χ3v) is 5.39. The molecule has 1 rings (SSSR count). The van der Waals surface area contributed by atoms with Crippen molar-refractivity contribution in [1.82, 2.24) is 10.2 Å². The molecule has 4 nitrogen and oxygen atoms in total. The van der Waals surface area contributed by atoms with E-state index in [1.54, 1.807) is 0 Å². The first-order valence-corrected chi connectivity index (χ1v) is 8.72. The lowest BCUT2D eigenvalue weighted by molar-refractivity contribution is 0.238. The van der Waals surface area contributed by atoms with Crippen LogP contribution in [0.3, 0.4) is 0 Å². The fourth-order valence-corrected chi connectivity index (χ4v) is 3.91. The summed E-state index contributed by atoms with van der Waals surface area (Å²) in [6, 6.07) is 0.909. The first kappa shape index (κ1) is 15.9. The highest BCUT2D eigenvalue weighted by Gasteiger charge is 2.24. The molecule has 1 N–H and O–H groups in total. The fraction of sp³-hybridized carbons (Fsp3) is 1.00. The number of rotatable bonds is 6. The van der Waals surface area contributed by atoms with Crippen molar-refractivity contribution in [3.8, 4) is 0 Å². The van der Waals surface area contributed by atoms with Gasteiger partial charge in [-0.1, -0.05) is 13.8 Å². The second-order valence-electron chi connectivity index (χ2n) is 6.08. The van der Waals surface area contributed by atoms with Gasteiger partial charge < -0.3 is 10.2 Å². The molecule has 0 bridgehead atoms. The predicted octanol–water partition coefficient (Wildman–Crippen LogP) is 1.13. The highest BCUT2D eigenvalue weighted by Crippen LogP contribution is 2.13. The summed E-state index contributed by atoms with van der Waals surface area (Å²) in [5.74, 6) is 1.38. The number of likely N-dealkylation sites (N-methyl/N-ethyl adjacent to an activating group) is 1. The summed E-state index contributed by atoms with van der Waals surface area (Å²) < 4.78 is 22.7. The quantitative estimate of drug-likeness (QED) is 0.790. The Morgan fingerprint density at radius 3 is 2.22 bits per heavy atom. The van der Waals surface area contributed by atoms with Crippen LogP contribution in [0.1, 0.15) is 33.1 Å². The van der Waals surface area contributed by atoms with E-state index in [1.807, 2.05) is 0 Å². The van der Waals surface area contributed by atoms with Crippen molar-refractivity contribution in [3.05, 3.63) is 0 Å². The van der Waals surface area contributed by atoms with Crippen molar-refractivity contribution in [2.24, 2.45) is 5.92 Å². The molecule has 0 aromatic heterocycles. The van der Waals surface area contributed by atoms with Crippen LogP contribution in [0.25, 0.3) is 0 Å². The molecule has 0 spiro atoms. The van der Waals surface area contributed by atoms with Gasteiger partial charge in [0.1, 0.15) is 9.84 Å². The molecule has 0 aromatic rings. The minimum atomic E-state index is -2.74. The van der Waals surface area contributed by atoms with Crippen LogP contribution in [0.2, 0.25) is 0 Å². The minimum Gasteiger partial charge on any atom is -0.312 e. The number of sulfone groups is 1. The Balaban J connectivity index is 2.34. The Hall–Kier alpha value is -0.130. The smallest absolute Gasteiger partial charge is 0.150 e. The molecular weight excluding hydrogens is 248 g/mol. The molecule has 108 valence electrons. The van der Waals surface area contributed by atoms with E-state index in [9.17, 15) is 8.42 Å². The summed E-state index contributed by atoms with van der Waals surface area (Å²) in [6.45, 7) is 5.43. The van der Waals surface area contributed by atoms with E-state index in [0.717, 1.165) is 19.4 Å². The highest BCUT2D eigenvalue weighted by atomic mass is 32.2. The molecule has 0 radical (unpaired) electrons. The van der Waals surface area contributed by atoms with Gasteiger partial charge in [-0.25, -0.2) is 8.42 Å². The summed E-state index contributed by atoms with van der Waals surface area (Å²) in [5, 5.41) is 3.54. The lowest BCUT2D eigenvalue weighted by Crippen LogP contribution is -2.45. The maximum absolute atomic E-state index is 11.4. The molecule has 5 heteroatoms. The number of hydrogen-bond acceptors (Lipinski definition) is 4. The van der Waals surface area contributed by atoms with Gasteiger partial charge in [0.15, 0.2) is 0 Å². The van der Waals surface area contributed by atoms with Crippen LogP contribution in [0.5, 0.6) is 0 Å². The zero-order valence-electron chi connectivity index (χ0n) is 12.1. The van der Waals surface area contributed by atoms with E-state index in [-0.39, 0.29) is 0 Å². The molecule has 18 heavy (non-hydrogen) atoms. The molecule has 1 fully saturated rings. The van der Waals surface area contributed by atoms with Crippen LogP contribution < -0.4 is 5.32 Å². The van der Waals surface area contributed by atoms with Crippen LogP contribution in [0.4, 0.5) is 0 Å². The monoisotopic (exact) mass is 276 g/mol. The Morgan fingerprint density at radius 1 is 1.22 bits per heavy atom. The van der Waals surface area contributed by atoms with E-state index in [4.69, 9.17) is 0 Å². The lowest BCUT2D eigenvalue weighted by atomic mass is 10.0. The summed E-state index contributed by atoms with van der Waals surface area (Å²) in [6.07, 6.45) is 2.71. The molecule has 0 saturated carbocycles. The average Bonchev–Trinajstić information content (AvgIpc) is 2.25. The predicted molar refractivity (Wildman–Crippen MR) is 76.6 cm³/mol. The summed E-state index contributed by atoms with van der Waals surface area (Å²) in [4.78, 5) is 2.26. The molecule has 0 aromatic carbocycles. The number of nitrogens with one attached hydrogen (secondary N) is 1. The maximum Gasteiger partial charge on any atom is 0.150 e.